The number of carbonyl (C=O) groups excluding carboxylic acids is 2. The third kappa shape index (κ3) is 3.50. The molecular formula is C18H19N3O4S. The van der Waals surface area contributed by atoms with E-state index in [1.807, 2.05) is 16.8 Å². The molecule has 0 spiro atoms. The molecule has 0 unspecified atom stereocenters. The summed E-state index contributed by atoms with van der Waals surface area (Å²) in [6.45, 7) is 1.70. The Morgan fingerprint density at radius 3 is 2.69 bits per heavy atom. The Hall–Kier alpha value is -3.00. The zero-order valence-corrected chi connectivity index (χ0v) is 15.4. The SMILES string of the molecule is COc1ccc(OC)c(NC(=O)C2=C(C)NC(=O)N[C@H]2c2ccsc2)c1. The molecule has 136 valence electrons. The molecular weight excluding hydrogens is 354 g/mol. The van der Waals surface area contributed by atoms with E-state index < -0.39 is 6.04 Å². The van der Waals surface area contributed by atoms with E-state index in [4.69, 9.17) is 9.47 Å². The Kier molecular flexibility index (Phi) is 5.13. The van der Waals surface area contributed by atoms with Crippen LogP contribution < -0.4 is 25.4 Å². The summed E-state index contributed by atoms with van der Waals surface area (Å²) >= 11 is 1.50. The lowest BCUT2D eigenvalue weighted by Gasteiger charge is -2.28. The van der Waals surface area contributed by atoms with Gasteiger partial charge in [0.25, 0.3) is 5.91 Å². The summed E-state index contributed by atoms with van der Waals surface area (Å²) in [5.74, 6) is 0.770. The van der Waals surface area contributed by atoms with Crippen LogP contribution in [0.1, 0.15) is 18.5 Å². The number of carbonyl (C=O) groups is 2. The molecule has 0 saturated carbocycles. The van der Waals surface area contributed by atoms with Crippen molar-refractivity contribution in [1.29, 1.82) is 0 Å². The Labute approximate surface area is 155 Å². The first kappa shape index (κ1) is 17.8. The molecule has 3 rings (SSSR count). The van der Waals surface area contributed by atoms with E-state index in [1.165, 1.54) is 18.4 Å². The molecule has 0 saturated heterocycles. The van der Waals surface area contributed by atoms with Crippen molar-refractivity contribution in [3.05, 3.63) is 51.9 Å². The summed E-state index contributed by atoms with van der Waals surface area (Å²) in [7, 11) is 3.08. The number of amides is 3. The fourth-order valence-corrected chi connectivity index (χ4v) is 3.47. The standard InChI is InChI=1S/C18H19N3O4S/c1-10-15(16(21-18(23)19-10)11-6-7-26-9-11)17(22)20-13-8-12(24-2)4-5-14(13)25-3/h4-9,16H,1-3H3,(H,20,22)(H2,19,21,23)/t16-/m0/s1. The first-order chi connectivity index (χ1) is 12.5. The number of rotatable bonds is 5. The van der Waals surface area contributed by atoms with Crippen LogP contribution in [-0.4, -0.2) is 26.2 Å². The predicted octanol–water partition coefficient (Wildman–Crippen LogP) is 3.03. The molecule has 26 heavy (non-hydrogen) atoms. The number of hydrogen-bond donors (Lipinski definition) is 3. The number of thiophene rings is 1. The molecule has 1 aromatic carbocycles. The van der Waals surface area contributed by atoms with Gasteiger partial charge in [0.1, 0.15) is 11.5 Å². The number of anilines is 1. The number of benzene rings is 1. The summed E-state index contributed by atoms with van der Waals surface area (Å²) in [5.41, 5.74) is 2.28. The first-order valence-electron chi connectivity index (χ1n) is 7.87. The van der Waals surface area contributed by atoms with Crippen molar-refractivity contribution in [1.82, 2.24) is 10.6 Å². The normalized spacial score (nSPS) is 16.6. The number of allylic oxidation sites excluding steroid dienone is 1. The molecule has 1 atom stereocenters. The lowest BCUT2D eigenvalue weighted by molar-refractivity contribution is -0.113. The Balaban J connectivity index is 1.95. The molecule has 0 radical (unpaired) electrons. The predicted molar refractivity (Wildman–Crippen MR) is 99.6 cm³/mol. The van der Waals surface area contributed by atoms with Crippen LogP contribution in [0.15, 0.2) is 46.3 Å². The summed E-state index contributed by atoms with van der Waals surface area (Å²) in [4.78, 5) is 24.9. The molecule has 2 heterocycles. The van der Waals surface area contributed by atoms with Gasteiger partial charge in [-0.2, -0.15) is 11.3 Å². The first-order valence-corrected chi connectivity index (χ1v) is 8.81. The zero-order valence-electron chi connectivity index (χ0n) is 14.6. The van der Waals surface area contributed by atoms with E-state index in [2.05, 4.69) is 16.0 Å². The average molecular weight is 373 g/mol. The number of methoxy groups -OCH3 is 2. The fourth-order valence-electron chi connectivity index (χ4n) is 2.79. The number of ether oxygens (including phenoxy) is 2. The van der Waals surface area contributed by atoms with Crippen molar-refractivity contribution in [2.24, 2.45) is 0 Å². The van der Waals surface area contributed by atoms with Gasteiger partial charge in [-0.1, -0.05) is 0 Å². The molecule has 0 fully saturated rings. The van der Waals surface area contributed by atoms with Crippen LogP contribution in [0.4, 0.5) is 10.5 Å². The highest BCUT2D eigenvalue weighted by molar-refractivity contribution is 7.08. The van der Waals surface area contributed by atoms with Gasteiger partial charge in [0.05, 0.1) is 31.5 Å². The Bertz CT molecular complexity index is 861. The maximum absolute atomic E-state index is 13.0. The largest absolute Gasteiger partial charge is 0.497 e. The van der Waals surface area contributed by atoms with E-state index in [1.54, 1.807) is 32.2 Å². The molecule has 3 N–H and O–H groups in total. The number of nitrogens with one attached hydrogen (secondary N) is 3. The molecule has 1 aromatic heterocycles. The van der Waals surface area contributed by atoms with Crippen molar-refractivity contribution in [2.75, 3.05) is 19.5 Å². The quantitative estimate of drug-likeness (QED) is 0.752. The third-order valence-electron chi connectivity index (χ3n) is 4.05. The lowest BCUT2D eigenvalue weighted by Crippen LogP contribution is -2.45. The number of urea groups is 1. The lowest BCUT2D eigenvalue weighted by atomic mass is 9.97. The molecule has 7 nitrogen and oxygen atoms in total. The molecule has 0 bridgehead atoms. The third-order valence-corrected chi connectivity index (χ3v) is 4.75. The topological polar surface area (TPSA) is 88.7 Å². The van der Waals surface area contributed by atoms with Crippen LogP contribution in [0.2, 0.25) is 0 Å². The van der Waals surface area contributed by atoms with Gasteiger partial charge in [-0.25, -0.2) is 4.79 Å². The van der Waals surface area contributed by atoms with Gasteiger partial charge in [-0.3, -0.25) is 4.79 Å². The van der Waals surface area contributed by atoms with Crippen molar-refractivity contribution in [2.45, 2.75) is 13.0 Å². The van der Waals surface area contributed by atoms with Crippen LogP contribution >= 0.6 is 11.3 Å². The zero-order chi connectivity index (χ0) is 18.7. The second-order valence-electron chi connectivity index (χ2n) is 5.65. The van der Waals surface area contributed by atoms with Crippen molar-refractivity contribution in [3.63, 3.8) is 0 Å². The maximum atomic E-state index is 13.0. The van der Waals surface area contributed by atoms with Crippen LogP contribution in [-0.2, 0) is 4.79 Å². The van der Waals surface area contributed by atoms with Gasteiger partial charge in [0.2, 0.25) is 0 Å². The van der Waals surface area contributed by atoms with Gasteiger partial charge >= 0.3 is 6.03 Å². The second-order valence-corrected chi connectivity index (χ2v) is 6.43. The van der Waals surface area contributed by atoms with Crippen LogP contribution in [0.3, 0.4) is 0 Å². The van der Waals surface area contributed by atoms with Gasteiger partial charge < -0.3 is 25.4 Å². The second kappa shape index (κ2) is 7.49. The highest BCUT2D eigenvalue weighted by Gasteiger charge is 2.31. The van der Waals surface area contributed by atoms with Crippen LogP contribution in [0.5, 0.6) is 11.5 Å². The molecule has 8 heteroatoms. The summed E-state index contributed by atoms with van der Waals surface area (Å²) < 4.78 is 10.5. The maximum Gasteiger partial charge on any atom is 0.319 e. The van der Waals surface area contributed by atoms with E-state index in [-0.39, 0.29) is 11.9 Å². The number of hydrogen-bond acceptors (Lipinski definition) is 5. The molecule has 2 aromatic rings. The molecule has 3 amide bonds. The van der Waals surface area contributed by atoms with Crippen LogP contribution in [0, 0.1) is 0 Å². The molecule has 1 aliphatic rings. The Morgan fingerprint density at radius 1 is 1.23 bits per heavy atom. The van der Waals surface area contributed by atoms with E-state index in [0.29, 0.717) is 28.5 Å². The fraction of sp³-hybridized carbons (Fsp3) is 0.222. The van der Waals surface area contributed by atoms with E-state index >= 15 is 0 Å². The summed E-state index contributed by atoms with van der Waals surface area (Å²) in [6, 6.07) is 6.16. The smallest absolute Gasteiger partial charge is 0.319 e. The van der Waals surface area contributed by atoms with Crippen molar-refractivity contribution < 1.29 is 19.1 Å². The Morgan fingerprint density at radius 2 is 2.04 bits per heavy atom. The van der Waals surface area contributed by atoms with Crippen molar-refractivity contribution >= 4 is 29.0 Å². The minimum Gasteiger partial charge on any atom is -0.497 e. The van der Waals surface area contributed by atoms with Gasteiger partial charge in [0.15, 0.2) is 0 Å². The van der Waals surface area contributed by atoms with E-state index in [0.717, 1.165) is 5.56 Å². The van der Waals surface area contributed by atoms with Crippen molar-refractivity contribution in [3.8, 4) is 11.5 Å². The highest BCUT2D eigenvalue weighted by Crippen LogP contribution is 2.32. The molecule has 0 aliphatic carbocycles. The monoisotopic (exact) mass is 373 g/mol. The van der Waals surface area contributed by atoms with Gasteiger partial charge in [0, 0.05) is 11.8 Å². The van der Waals surface area contributed by atoms with Gasteiger partial charge in [-0.15, -0.1) is 0 Å². The minimum atomic E-state index is -0.522. The minimum absolute atomic E-state index is 0.335. The average Bonchev–Trinajstić information content (AvgIpc) is 3.15. The van der Waals surface area contributed by atoms with Gasteiger partial charge in [-0.05, 0) is 41.4 Å². The molecule has 1 aliphatic heterocycles. The van der Waals surface area contributed by atoms with E-state index in [9.17, 15) is 9.59 Å². The summed E-state index contributed by atoms with van der Waals surface area (Å²) in [6.07, 6.45) is 0. The summed E-state index contributed by atoms with van der Waals surface area (Å²) in [5, 5.41) is 12.1. The van der Waals surface area contributed by atoms with Crippen LogP contribution in [0.25, 0.3) is 0 Å². The highest BCUT2D eigenvalue weighted by atomic mass is 32.1.